The summed E-state index contributed by atoms with van der Waals surface area (Å²) >= 11 is 12.9. The molecule has 4 rings (SSSR count). The molecule has 1 atom stereocenters. The van der Waals surface area contributed by atoms with Gasteiger partial charge in [0, 0.05) is 22.3 Å². The highest BCUT2D eigenvalue weighted by molar-refractivity contribution is 6.36. The summed E-state index contributed by atoms with van der Waals surface area (Å²) in [7, 11) is 0. The molecule has 6 heteroatoms. The third-order valence-electron chi connectivity index (χ3n) is 5.97. The molecule has 1 fully saturated rings. The molecular weight excluding hydrogens is 429 g/mol. The standard InChI is InChI=1S/C25H27Cl2N3O/c1-15-3-8-21(26)23(24(15)27)16(2)31-22-13-20(14-30-25(22)28)18-6-4-17(5-7-18)19-9-11-29-12-10-19/h3-8,13-14,16,19,29H,9-12H2,1-2H3,(H2,28,30). The highest BCUT2D eigenvalue weighted by Gasteiger charge is 2.19. The van der Waals surface area contributed by atoms with Crippen LogP contribution in [0.25, 0.3) is 11.1 Å². The van der Waals surface area contributed by atoms with Crippen molar-refractivity contribution >= 4 is 29.0 Å². The van der Waals surface area contributed by atoms with Gasteiger partial charge >= 0.3 is 0 Å². The van der Waals surface area contributed by atoms with E-state index in [1.54, 1.807) is 6.20 Å². The van der Waals surface area contributed by atoms with Crippen molar-refractivity contribution in [1.29, 1.82) is 0 Å². The zero-order valence-electron chi connectivity index (χ0n) is 17.8. The van der Waals surface area contributed by atoms with Crippen molar-refractivity contribution in [2.45, 2.75) is 38.7 Å². The molecule has 2 aromatic carbocycles. The van der Waals surface area contributed by atoms with Gasteiger partial charge in [-0.05, 0) is 74.5 Å². The number of halogens is 2. The number of pyridine rings is 1. The Hall–Kier alpha value is -2.27. The molecule has 1 aliphatic rings. The van der Waals surface area contributed by atoms with Crippen LogP contribution in [-0.4, -0.2) is 18.1 Å². The van der Waals surface area contributed by atoms with Crippen LogP contribution in [0.4, 0.5) is 5.82 Å². The van der Waals surface area contributed by atoms with Crippen LogP contribution in [0.2, 0.25) is 10.0 Å². The van der Waals surface area contributed by atoms with E-state index >= 15 is 0 Å². The zero-order valence-corrected chi connectivity index (χ0v) is 19.3. The molecule has 1 unspecified atom stereocenters. The number of nitrogens with one attached hydrogen (secondary N) is 1. The molecule has 0 aliphatic carbocycles. The summed E-state index contributed by atoms with van der Waals surface area (Å²) in [5.74, 6) is 1.48. The fourth-order valence-corrected chi connectivity index (χ4v) is 4.79. The van der Waals surface area contributed by atoms with E-state index in [1.165, 1.54) is 18.4 Å². The molecule has 1 aliphatic heterocycles. The van der Waals surface area contributed by atoms with Crippen molar-refractivity contribution in [2.75, 3.05) is 18.8 Å². The summed E-state index contributed by atoms with van der Waals surface area (Å²) in [5.41, 5.74) is 11.2. The number of anilines is 1. The first kappa shape index (κ1) is 21.9. The molecule has 1 aromatic heterocycles. The Bertz CT molecular complexity index is 1060. The van der Waals surface area contributed by atoms with Gasteiger partial charge in [-0.3, -0.25) is 0 Å². The van der Waals surface area contributed by atoms with Crippen LogP contribution in [0.1, 0.15) is 48.5 Å². The molecule has 31 heavy (non-hydrogen) atoms. The first-order valence-electron chi connectivity index (χ1n) is 10.6. The smallest absolute Gasteiger partial charge is 0.166 e. The lowest BCUT2D eigenvalue weighted by atomic mass is 9.89. The van der Waals surface area contributed by atoms with Crippen molar-refractivity contribution in [2.24, 2.45) is 0 Å². The number of hydrogen-bond acceptors (Lipinski definition) is 4. The van der Waals surface area contributed by atoms with Crippen molar-refractivity contribution in [1.82, 2.24) is 10.3 Å². The van der Waals surface area contributed by atoms with E-state index in [-0.39, 0.29) is 6.10 Å². The topological polar surface area (TPSA) is 60.2 Å². The monoisotopic (exact) mass is 455 g/mol. The summed E-state index contributed by atoms with van der Waals surface area (Å²) in [5, 5.41) is 4.60. The van der Waals surface area contributed by atoms with Gasteiger partial charge in [0.2, 0.25) is 0 Å². The van der Waals surface area contributed by atoms with Crippen molar-refractivity contribution in [3.05, 3.63) is 75.4 Å². The van der Waals surface area contributed by atoms with E-state index in [1.807, 2.05) is 32.0 Å². The average molecular weight is 456 g/mol. The van der Waals surface area contributed by atoms with Crippen molar-refractivity contribution in [3.8, 4) is 16.9 Å². The van der Waals surface area contributed by atoms with Crippen molar-refractivity contribution in [3.63, 3.8) is 0 Å². The number of aryl methyl sites for hydroxylation is 1. The molecule has 0 radical (unpaired) electrons. The maximum absolute atomic E-state index is 6.49. The third kappa shape index (κ3) is 4.82. The van der Waals surface area contributed by atoms with Crippen LogP contribution in [0.5, 0.6) is 5.75 Å². The molecular formula is C25H27Cl2N3O. The van der Waals surface area contributed by atoms with Gasteiger partial charge in [0.25, 0.3) is 0 Å². The second-order valence-corrected chi connectivity index (χ2v) is 8.89. The maximum atomic E-state index is 6.49. The number of nitrogens with two attached hydrogens (primary N) is 1. The molecule has 0 bridgehead atoms. The lowest BCUT2D eigenvalue weighted by Gasteiger charge is -2.23. The highest BCUT2D eigenvalue weighted by atomic mass is 35.5. The van der Waals surface area contributed by atoms with Crippen molar-refractivity contribution < 1.29 is 4.74 Å². The summed E-state index contributed by atoms with van der Waals surface area (Å²) in [4.78, 5) is 4.36. The quantitative estimate of drug-likeness (QED) is 0.457. The Morgan fingerprint density at radius 3 is 2.48 bits per heavy atom. The minimum atomic E-state index is -0.374. The second-order valence-electron chi connectivity index (χ2n) is 8.11. The fraction of sp³-hybridized carbons (Fsp3) is 0.320. The van der Waals surface area contributed by atoms with Crippen LogP contribution >= 0.6 is 23.2 Å². The number of aromatic nitrogens is 1. The van der Waals surface area contributed by atoms with Gasteiger partial charge in [0.15, 0.2) is 11.6 Å². The Labute approximate surface area is 193 Å². The van der Waals surface area contributed by atoms with E-state index < -0.39 is 0 Å². The summed E-state index contributed by atoms with van der Waals surface area (Å²) in [6.45, 7) is 6.02. The SMILES string of the molecule is Cc1ccc(Cl)c(C(C)Oc2cc(-c3ccc(C4CCNCC4)cc3)cnc2N)c1Cl. The van der Waals surface area contributed by atoms with Crippen LogP contribution < -0.4 is 15.8 Å². The van der Waals surface area contributed by atoms with E-state index in [2.05, 4.69) is 34.6 Å². The highest BCUT2D eigenvalue weighted by Crippen LogP contribution is 2.37. The number of benzene rings is 2. The summed E-state index contributed by atoms with van der Waals surface area (Å²) < 4.78 is 6.17. The zero-order chi connectivity index (χ0) is 22.0. The third-order valence-corrected chi connectivity index (χ3v) is 6.80. The molecule has 0 amide bonds. The number of rotatable bonds is 5. The summed E-state index contributed by atoms with van der Waals surface area (Å²) in [6.07, 6.45) is 3.77. The maximum Gasteiger partial charge on any atom is 0.166 e. The molecule has 2 heterocycles. The van der Waals surface area contributed by atoms with Gasteiger partial charge in [-0.15, -0.1) is 0 Å². The van der Waals surface area contributed by atoms with Gasteiger partial charge in [-0.25, -0.2) is 4.98 Å². The number of piperidine rings is 1. The lowest BCUT2D eigenvalue weighted by molar-refractivity contribution is 0.228. The predicted molar refractivity (Wildman–Crippen MR) is 129 cm³/mol. The molecule has 1 saturated heterocycles. The van der Waals surface area contributed by atoms with Crippen LogP contribution in [-0.2, 0) is 0 Å². The number of hydrogen-bond donors (Lipinski definition) is 2. The first-order chi connectivity index (χ1) is 14.9. The molecule has 0 saturated carbocycles. The van der Waals surface area contributed by atoms with Gasteiger partial charge < -0.3 is 15.8 Å². The number of nitrogen functional groups attached to an aromatic ring is 1. The van der Waals surface area contributed by atoms with E-state index in [0.29, 0.717) is 27.5 Å². The minimum Gasteiger partial charge on any atom is -0.482 e. The molecule has 4 nitrogen and oxygen atoms in total. The Kier molecular flexibility index (Phi) is 6.71. The van der Waals surface area contributed by atoms with Gasteiger partial charge in [-0.2, -0.15) is 0 Å². The van der Waals surface area contributed by atoms with E-state index in [0.717, 1.165) is 35.3 Å². The van der Waals surface area contributed by atoms with Crippen LogP contribution in [0, 0.1) is 6.92 Å². The number of ether oxygens (including phenoxy) is 1. The number of nitrogens with zero attached hydrogens (tertiary/aromatic N) is 1. The largest absolute Gasteiger partial charge is 0.482 e. The van der Waals surface area contributed by atoms with Crippen LogP contribution in [0.3, 0.4) is 0 Å². The van der Waals surface area contributed by atoms with Gasteiger partial charge in [0.05, 0.1) is 5.02 Å². The molecule has 3 N–H and O–H groups in total. The first-order valence-corrected chi connectivity index (χ1v) is 11.4. The second kappa shape index (κ2) is 9.47. The predicted octanol–water partition coefficient (Wildman–Crippen LogP) is 6.55. The lowest BCUT2D eigenvalue weighted by Crippen LogP contribution is -2.26. The Morgan fingerprint density at radius 2 is 1.77 bits per heavy atom. The minimum absolute atomic E-state index is 0.335. The summed E-state index contributed by atoms with van der Waals surface area (Å²) in [6, 6.07) is 14.4. The molecule has 0 spiro atoms. The van der Waals surface area contributed by atoms with E-state index in [4.69, 9.17) is 33.7 Å². The van der Waals surface area contributed by atoms with E-state index in [9.17, 15) is 0 Å². The molecule has 3 aromatic rings. The normalized spacial score (nSPS) is 15.6. The van der Waals surface area contributed by atoms with Gasteiger partial charge in [-0.1, -0.05) is 53.5 Å². The average Bonchev–Trinajstić information content (AvgIpc) is 2.79. The molecule has 162 valence electrons. The fourth-order valence-electron chi connectivity index (χ4n) is 4.11. The van der Waals surface area contributed by atoms with Gasteiger partial charge in [0.1, 0.15) is 6.10 Å². The Morgan fingerprint density at radius 1 is 1.06 bits per heavy atom. The Balaban J connectivity index is 1.57. The van der Waals surface area contributed by atoms with Crippen LogP contribution in [0.15, 0.2) is 48.7 Å².